The van der Waals surface area contributed by atoms with Gasteiger partial charge in [0.1, 0.15) is 5.67 Å². The summed E-state index contributed by atoms with van der Waals surface area (Å²) < 4.78 is 84.3. The molecule has 6 saturated carbocycles. The molecule has 3 aromatic rings. The standard InChI is InChI=1S/C29H27F6N5O2/c30-20(31)21-38-22(39-42-21)26-7-4-25(5-8-26,6-9-26)16-40(24(41)27-13-28(32,14-27)15-27)19-3-1-2-17(10-19)18-11-36-23(37-12-18)29(33,34)35/h1-3,10-12,20H,4-9,13-16H2. The molecule has 42 heavy (non-hydrogen) atoms. The lowest BCUT2D eigenvalue weighted by atomic mass is 9.41. The average Bonchev–Trinajstić information content (AvgIpc) is 3.46. The average molecular weight is 592 g/mol. The van der Waals surface area contributed by atoms with Gasteiger partial charge < -0.3 is 9.42 Å². The van der Waals surface area contributed by atoms with Gasteiger partial charge in [0.2, 0.25) is 11.7 Å². The van der Waals surface area contributed by atoms with Crippen LogP contribution >= 0.6 is 0 Å². The molecule has 0 N–H and O–H groups in total. The van der Waals surface area contributed by atoms with Crippen molar-refractivity contribution in [1.82, 2.24) is 20.1 Å². The number of halogens is 6. The Morgan fingerprint density at radius 1 is 0.976 bits per heavy atom. The molecular weight excluding hydrogens is 564 g/mol. The van der Waals surface area contributed by atoms with Gasteiger partial charge in [0.25, 0.3) is 5.89 Å². The Hall–Kier alpha value is -3.51. The zero-order valence-electron chi connectivity index (χ0n) is 22.4. The number of hydrogen-bond donors (Lipinski definition) is 0. The van der Waals surface area contributed by atoms with Crippen LogP contribution in [0.15, 0.2) is 41.2 Å². The van der Waals surface area contributed by atoms with Crippen LogP contribution in [0.3, 0.4) is 0 Å². The van der Waals surface area contributed by atoms with Crippen LogP contribution in [0.4, 0.5) is 32.0 Å². The maximum atomic E-state index is 14.5. The first kappa shape index (κ1) is 27.3. The molecule has 2 aromatic heterocycles. The monoisotopic (exact) mass is 591 g/mol. The number of alkyl halides is 6. The second kappa shape index (κ2) is 9.00. The molecule has 222 valence electrons. The molecule has 6 aliphatic rings. The first-order valence-electron chi connectivity index (χ1n) is 14.0. The lowest BCUT2D eigenvalue weighted by Gasteiger charge is -2.65. The number of fused-ring (bicyclic) bond motifs is 3. The third kappa shape index (κ3) is 4.29. The summed E-state index contributed by atoms with van der Waals surface area (Å²) in [5, 5.41) is 3.87. The fraction of sp³-hybridized carbons (Fsp3) is 0.552. The van der Waals surface area contributed by atoms with Crippen LogP contribution < -0.4 is 4.90 Å². The van der Waals surface area contributed by atoms with Crippen molar-refractivity contribution >= 4 is 11.6 Å². The van der Waals surface area contributed by atoms with Crippen LogP contribution in [0.5, 0.6) is 0 Å². The largest absolute Gasteiger partial charge is 0.451 e. The molecule has 0 saturated heterocycles. The Morgan fingerprint density at radius 2 is 1.62 bits per heavy atom. The molecule has 0 spiro atoms. The molecule has 7 nitrogen and oxygen atoms in total. The number of aromatic nitrogens is 4. The van der Waals surface area contributed by atoms with Gasteiger partial charge in [-0.2, -0.15) is 26.9 Å². The number of amides is 1. The van der Waals surface area contributed by atoms with Crippen LogP contribution in [-0.2, 0) is 16.4 Å². The van der Waals surface area contributed by atoms with Crippen molar-refractivity contribution < 1.29 is 35.7 Å². The van der Waals surface area contributed by atoms with E-state index >= 15 is 0 Å². The third-order valence-corrected chi connectivity index (χ3v) is 10.1. The van der Waals surface area contributed by atoms with Gasteiger partial charge in [-0.15, -0.1) is 0 Å². The lowest BCUT2D eigenvalue weighted by molar-refractivity contribution is -0.211. The Labute approximate surface area is 236 Å². The van der Waals surface area contributed by atoms with Crippen molar-refractivity contribution in [2.75, 3.05) is 11.4 Å². The maximum absolute atomic E-state index is 14.5. The maximum Gasteiger partial charge on any atom is 0.451 e. The predicted octanol–water partition coefficient (Wildman–Crippen LogP) is 7.00. The van der Waals surface area contributed by atoms with Crippen LogP contribution in [0, 0.1) is 10.8 Å². The van der Waals surface area contributed by atoms with Gasteiger partial charge in [-0.3, -0.25) is 4.79 Å². The summed E-state index contributed by atoms with van der Waals surface area (Å²) in [6.07, 6.45) is -0.528. The summed E-state index contributed by atoms with van der Waals surface area (Å²) in [5.74, 6) is -1.74. The highest BCUT2D eigenvalue weighted by Crippen LogP contribution is 2.70. The predicted molar refractivity (Wildman–Crippen MR) is 136 cm³/mol. The Kier molecular flexibility index (Phi) is 5.85. The molecule has 0 aliphatic heterocycles. The van der Waals surface area contributed by atoms with Crippen molar-refractivity contribution in [2.45, 2.75) is 81.5 Å². The van der Waals surface area contributed by atoms with E-state index in [1.807, 2.05) is 0 Å². The summed E-state index contributed by atoms with van der Waals surface area (Å²) in [7, 11) is 0. The van der Waals surface area contributed by atoms with Crippen molar-refractivity contribution in [3.8, 4) is 11.1 Å². The summed E-state index contributed by atoms with van der Waals surface area (Å²) in [6, 6.07) is 6.95. The second-order valence-corrected chi connectivity index (χ2v) is 12.7. The van der Waals surface area contributed by atoms with Crippen molar-refractivity contribution in [2.24, 2.45) is 10.8 Å². The van der Waals surface area contributed by atoms with E-state index in [1.165, 1.54) is 0 Å². The minimum Gasteiger partial charge on any atom is -0.333 e. The van der Waals surface area contributed by atoms with E-state index in [-0.39, 0.29) is 30.6 Å². The Bertz CT molecular complexity index is 1490. The first-order chi connectivity index (χ1) is 19.8. The molecule has 6 aliphatic carbocycles. The topological polar surface area (TPSA) is 85.0 Å². The number of benzene rings is 1. The van der Waals surface area contributed by atoms with Gasteiger partial charge in [-0.05, 0) is 80.9 Å². The van der Waals surface area contributed by atoms with E-state index in [1.54, 1.807) is 29.2 Å². The second-order valence-electron chi connectivity index (χ2n) is 12.7. The Morgan fingerprint density at radius 3 is 2.17 bits per heavy atom. The van der Waals surface area contributed by atoms with Gasteiger partial charge in [0.05, 0.1) is 5.41 Å². The molecule has 9 rings (SSSR count). The zero-order valence-corrected chi connectivity index (χ0v) is 22.4. The Balaban J connectivity index is 1.16. The van der Waals surface area contributed by atoms with Crippen LogP contribution in [0.25, 0.3) is 11.1 Å². The van der Waals surface area contributed by atoms with Crippen LogP contribution in [-0.4, -0.2) is 38.2 Å². The van der Waals surface area contributed by atoms with Gasteiger partial charge >= 0.3 is 12.6 Å². The summed E-state index contributed by atoms with van der Waals surface area (Å²) in [5.41, 5.74) is -1.19. The van der Waals surface area contributed by atoms with E-state index in [2.05, 4.69) is 20.1 Å². The van der Waals surface area contributed by atoms with Gasteiger partial charge in [-0.1, -0.05) is 17.3 Å². The number of nitrogens with zero attached hydrogens (tertiary/aromatic N) is 5. The quantitative estimate of drug-likeness (QED) is 0.275. The lowest BCUT2D eigenvalue weighted by Crippen LogP contribution is -2.71. The highest BCUT2D eigenvalue weighted by atomic mass is 19.4. The number of carbonyl (C=O) groups excluding carboxylic acids is 1. The summed E-state index contributed by atoms with van der Waals surface area (Å²) in [4.78, 5) is 26.7. The SMILES string of the molecule is O=C(N(CC12CCC(c3noc(C(F)F)n3)(CC1)CC2)c1cccc(-c2cnc(C(F)(F)F)nc2)c1)C12CC(F)(C1)C2. The molecule has 13 heteroatoms. The normalized spacial score (nSPS) is 31.5. The van der Waals surface area contributed by atoms with Gasteiger partial charge in [0, 0.05) is 35.6 Å². The molecular formula is C29H27F6N5O2. The fourth-order valence-corrected chi connectivity index (χ4v) is 7.64. The zero-order chi connectivity index (χ0) is 29.5. The van der Waals surface area contributed by atoms with E-state index in [4.69, 9.17) is 4.52 Å². The van der Waals surface area contributed by atoms with Gasteiger partial charge in [0.15, 0.2) is 5.82 Å². The number of anilines is 1. The van der Waals surface area contributed by atoms with Crippen LogP contribution in [0.1, 0.15) is 81.8 Å². The fourth-order valence-electron chi connectivity index (χ4n) is 7.64. The van der Waals surface area contributed by atoms with Crippen molar-refractivity contribution in [3.05, 3.63) is 54.2 Å². The van der Waals surface area contributed by atoms with E-state index in [9.17, 15) is 31.1 Å². The highest BCUT2D eigenvalue weighted by molar-refractivity contribution is 6.00. The molecule has 0 atom stereocenters. The minimum atomic E-state index is -4.66. The molecule has 0 radical (unpaired) electrons. The molecule has 1 aromatic carbocycles. The van der Waals surface area contributed by atoms with Crippen molar-refractivity contribution in [1.29, 1.82) is 0 Å². The number of hydrogen-bond acceptors (Lipinski definition) is 6. The molecule has 0 unspecified atom stereocenters. The van der Waals surface area contributed by atoms with E-state index in [0.717, 1.165) is 31.7 Å². The highest BCUT2D eigenvalue weighted by Gasteiger charge is 2.73. The smallest absolute Gasteiger partial charge is 0.333 e. The molecule has 1 amide bonds. The molecule has 6 fully saturated rings. The van der Waals surface area contributed by atoms with E-state index < -0.39 is 40.8 Å². The van der Waals surface area contributed by atoms with Gasteiger partial charge in [-0.25, -0.2) is 14.4 Å². The van der Waals surface area contributed by atoms with Crippen LogP contribution in [0.2, 0.25) is 0 Å². The number of carbonyl (C=O) groups is 1. The number of rotatable bonds is 7. The summed E-state index contributed by atoms with van der Waals surface area (Å²) >= 11 is 0. The first-order valence-corrected chi connectivity index (χ1v) is 14.0. The van der Waals surface area contributed by atoms with E-state index in [0.29, 0.717) is 48.4 Å². The van der Waals surface area contributed by atoms with Crippen molar-refractivity contribution in [3.63, 3.8) is 0 Å². The molecule has 2 heterocycles. The third-order valence-electron chi connectivity index (χ3n) is 10.1. The summed E-state index contributed by atoms with van der Waals surface area (Å²) in [6.45, 7) is 0.393. The minimum absolute atomic E-state index is 0.139. The molecule has 4 bridgehead atoms.